The first-order valence-corrected chi connectivity index (χ1v) is 6.28. The van der Waals surface area contributed by atoms with Gasteiger partial charge in [0.25, 0.3) is 0 Å². The first-order chi connectivity index (χ1) is 8.09. The fourth-order valence-electron chi connectivity index (χ4n) is 3.40. The van der Waals surface area contributed by atoms with E-state index >= 15 is 0 Å². The minimum Gasteiger partial charge on any atom is -0.346 e. The highest BCUT2D eigenvalue weighted by Crippen LogP contribution is 2.55. The molecule has 0 N–H and O–H groups in total. The predicted octanol–water partition coefficient (Wildman–Crippen LogP) is 2.38. The average molecular weight is 234 g/mol. The third-order valence-corrected chi connectivity index (χ3v) is 4.53. The van der Waals surface area contributed by atoms with Crippen molar-refractivity contribution in [2.75, 3.05) is 13.2 Å². The van der Waals surface area contributed by atoms with Gasteiger partial charge in [-0.05, 0) is 24.5 Å². The number of allylic oxidation sites excluding steroid dienone is 2. The van der Waals surface area contributed by atoms with E-state index in [2.05, 4.69) is 19.1 Å². The molecular formula is C14H18O3. The summed E-state index contributed by atoms with van der Waals surface area (Å²) in [6.45, 7) is 5.41. The van der Waals surface area contributed by atoms with Crippen molar-refractivity contribution in [3.05, 3.63) is 23.3 Å². The van der Waals surface area contributed by atoms with E-state index < -0.39 is 5.79 Å². The second-order valence-corrected chi connectivity index (χ2v) is 5.35. The van der Waals surface area contributed by atoms with Gasteiger partial charge in [-0.1, -0.05) is 19.1 Å². The molecule has 3 nitrogen and oxygen atoms in total. The Morgan fingerprint density at radius 1 is 1.29 bits per heavy atom. The van der Waals surface area contributed by atoms with Crippen molar-refractivity contribution in [2.24, 2.45) is 5.41 Å². The maximum Gasteiger partial charge on any atom is 0.181 e. The lowest BCUT2D eigenvalue weighted by Gasteiger charge is -2.49. The van der Waals surface area contributed by atoms with Gasteiger partial charge < -0.3 is 9.47 Å². The standard InChI is InChI=1S/C14H18O3/c1-10-11-4-3-6-14(16-8-9-17-14)13(11,2)7-5-12(10)15/h3-4H,5-9H2,1-2H3/t13-/m0/s1. The first kappa shape index (κ1) is 11.2. The molecule has 2 aliphatic carbocycles. The van der Waals surface area contributed by atoms with Gasteiger partial charge in [0.2, 0.25) is 0 Å². The minimum absolute atomic E-state index is 0.170. The van der Waals surface area contributed by atoms with Crippen LogP contribution in [0.15, 0.2) is 23.3 Å². The summed E-state index contributed by atoms with van der Waals surface area (Å²) >= 11 is 0. The Morgan fingerprint density at radius 3 is 2.71 bits per heavy atom. The maximum absolute atomic E-state index is 11.8. The van der Waals surface area contributed by atoms with E-state index in [0.717, 1.165) is 24.0 Å². The zero-order valence-corrected chi connectivity index (χ0v) is 10.4. The van der Waals surface area contributed by atoms with Crippen molar-refractivity contribution < 1.29 is 14.3 Å². The van der Waals surface area contributed by atoms with Gasteiger partial charge in [-0.2, -0.15) is 0 Å². The number of hydrogen-bond acceptors (Lipinski definition) is 3. The summed E-state index contributed by atoms with van der Waals surface area (Å²) in [5.41, 5.74) is 1.83. The molecule has 1 fully saturated rings. The Balaban J connectivity index is 2.15. The van der Waals surface area contributed by atoms with Gasteiger partial charge in [-0.25, -0.2) is 0 Å². The normalized spacial score (nSPS) is 35.5. The second kappa shape index (κ2) is 3.53. The van der Waals surface area contributed by atoms with Gasteiger partial charge in [0, 0.05) is 18.3 Å². The number of hydrogen-bond donors (Lipinski definition) is 0. The van der Waals surface area contributed by atoms with Crippen molar-refractivity contribution in [2.45, 2.75) is 38.9 Å². The SMILES string of the molecule is CC1=C2C=CCC3(OCCO3)[C@@]2(C)CCC1=O. The van der Waals surface area contributed by atoms with Crippen LogP contribution in [0.2, 0.25) is 0 Å². The van der Waals surface area contributed by atoms with Crippen molar-refractivity contribution >= 4 is 5.78 Å². The van der Waals surface area contributed by atoms with Crippen LogP contribution in [0.1, 0.15) is 33.1 Å². The van der Waals surface area contributed by atoms with Gasteiger partial charge in [0.05, 0.1) is 13.2 Å². The molecule has 0 aromatic rings. The van der Waals surface area contributed by atoms with Gasteiger partial charge in [-0.15, -0.1) is 0 Å². The van der Waals surface area contributed by atoms with Crippen LogP contribution < -0.4 is 0 Å². The molecule has 0 aromatic carbocycles. The molecule has 3 aliphatic rings. The predicted molar refractivity (Wildman–Crippen MR) is 63.4 cm³/mol. The molecule has 1 spiro atoms. The van der Waals surface area contributed by atoms with Crippen LogP contribution in [0.3, 0.4) is 0 Å². The number of Topliss-reactive ketones (excluding diaryl/α,β-unsaturated/α-hetero) is 1. The number of ketones is 1. The van der Waals surface area contributed by atoms with E-state index in [-0.39, 0.29) is 11.2 Å². The van der Waals surface area contributed by atoms with Crippen molar-refractivity contribution in [1.29, 1.82) is 0 Å². The van der Waals surface area contributed by atoms with E-state index in [1.165, 1.54) is 0 Å². The maximum atomic E-state index is 11.8. The summed E-state index contributed by atoms with van der Waals surface area (Å²) in [7, 11) is 0. The van der Waals surface area contributed by atoms with E-state index in [1.54, 1.807) is 0 Å². The highest BCUT2D eigenvalue weighted by molar-refractivity contribution is 5.97. The van der Waals surface area contributed by atoms with Crippen LogP contribution in [0.4, 0.5) is 0 Å². The fraction of sp³-hybridized carbons (Fsp3) is 0.643. The van der Waals surface area contributed by atoms with Crippen molar-refractivity contribution in [3.8, 4) is 0 Å². The van der Waals surface area contributed by atoms with Crippen LogP contribution in [-0.4, -0.2) is 24.8 Å². The molecule has 0 unspecified atom stereocenters. The molecule has 1 heterocycles. The van der Waals surface area contributed by atoms with Crippen LogP contribution in [0.25, 0.3) is 0 Å². The van der Waals surface area contributed by atoms with Gasteiger partial charge in [-0.3, -0.25) is 4.79 Å². The lowest BCUT2D eigenvalue weighted by molar-refractivity contribution is -0.223. The van der Waals surface area contributed by atoms with Gasteiger partial charge in [0.1, 0.15) is 0 Å². The molecule has 0 bridgehead atoms. The smallest absolute Gasteiger partial charge is 0.181 e. The lowest BCUT2D eigenvalue weighted by Crippen LogP contribution is -2.51. The molecule has 1 saturated heterocycles. The van der Waals surface area contributed by atoms with Gasteiger partial charge in [0.15, 0.2) is 11.6 Å². The van der Waals surface area contributed by atoms with E-state index in [9.17, 15) is 4.79 Å². The quantitative estimate of drug-likeness (QED) is 0.645. The second-order valence-electron chi connectivity index (χ2n) is 5.35. The number of fused-ring (bicyclic) bond motifs is 2. The molecule has 92 valence electrons. The van der Waals surface area contributed by atoms with Crippen LogP contribution >= 0.6 is 0 Å². The van der Waals surface area contributed by atoms with Crippen LogP contribution in [0.5, 0.6) is 0 Å². The average Bonchev–Trinajstić information content (AvgIpc) is 2.78. The zero-order valence-electron chi connectivity index (χ0n) is 10.4. The number of carbonyl (C=O) groups excluding carboxylic acids is 1. The summed E-state index contributed by atoms with van der Waals surface area (Å²) in [5.74, 6) is -0.267. The lowest BCUT2D eigenvalue weighted by atomic mass is 9.62. The Hall–Kier alpha value is -0.930. The molecule has 1 atom stereocenters. The first-order valence-electron chi connectivity index (χ1n) is 6.28. The van der Waals surface area contributed by atoms with Crippen molar-refractivity contribution in [3.63, 3.8) is 0 Å². The Labute approximate surface area is 101 Å². The Kier molecular flexibility index (Phi) is 2.32. The molecule has 1 aliphatic heterocycles. The van der Waals surface area contributed by atoms with Crippen molar-refractivity contribution in [1.82, 2.24) is 0 Å². The zero-order chi connectivity index (χ0) is 12.1. The summed E-state index contributed by atoms with van der Waals surface area (Å²) in [6.07, 6.45) is 6.37. The number of ether oxygens (including phenoxy) is 2. The number of carbonyl (C=O) groups is 1. The topological polar surface area (TPSA) is 35.5 Å². The monoisotopic (exact) mass is 234 g/mol. The fourth-order valence-corrected chi connectivity index (χ4v) is 3.40. The highest BCUT2D eigenvalue weighted by Gasteiger charge is 2.56. The van der Waals surface area contributed by atoms with E-state index in [0.29, 0.717) is 19.6 Å². The Bertz CT molecular complexity index is 427. The molecule has 0 saturated carbocycles. The molecule has 0 aromatic heterocycles. The summed E-state index contributed by atoms with van der Waals surface area (Å²) in [4.78, 5) is 11.8. The Morgan fingerprint density at radius 2 is 2.00 bits per heavy atom. The highest BCUT2D eigenvalue weighted by atomic mass is 16.7. The summed E-state index contributed by atoms with van der Waals surface area (Å²) < 4.78 is 11.8. The molecule has 17 heavy (non-hydrogen) atoms. The largest absolute Gasteiger partial charge is 0.346 e. The summed E-state index contributed by atoms with van der Waals surface area (Å²) in [6, 6.07) is 0. The molecule has 0 radical (unpaired) electrons. The van der Waals surface area contributed by atoms with Crippen LogP contribution in [-0.2, 0) is 14.3 Å². The molecule has 0 amide bonds. The van der Waals surface area contributed by atoms with Crippen LogP contribution in [0, 0.1) is 5.41 Å². The third-order valence-electron chi connectivity index (χ3n) is 4.53. The van der Waals surface area contributed by atoms with E-state index in [1.807, 2.05) is 6.92 Å². The number of rotatable bonds is 0. The summed E-state index contributed by atoms with van der Waals surface area (Å²) in [5, 5.41) is 0. The van der Waals surface area contributed by atoms with E-state index in [4.69, 9.17) is 9.47 Å². The third kappa shape index (κ3) is 1.33. The molecular weight excluding hydrogens is 216 g/mol. The molecule has 3 heteroatoms. The molecule has 3 rings (SSSR count). The van der Waals surface area contributed by atoms with Gasteiger partial charge >= 0.3 is 0 Å². The minimum atomic E-state index is -0.529.